The molecule has 0 bridgehead atoms. The highest BCUT2D eigenvalue weighted by molar-refractivity contribution is 7.89. The van der Waals surface area contributed by atoms with Crippen molar-refractivity contribution in [3.05, 3.63) is 66.5 Å². The first-order valence-corrected chi connectivity index (χ1v) is 8.38. The molecule has 1 heterocycles. The second-order valence-electron chi connectivity index (χ2n) is 5.07. The van der Waals surface area contributed by atoms with Crippen molar-refractivity contribution in [2.45, 2.75) is 4.90 Å². The van der Waals surface area contributed by atoms with Gasteiger partial charge in [-0.05, 0) is 35.0 Å². The lowest BCUT2D eigenvalue weighted by molar-refractivity contribution is 0.0937. The minimum Gasteiger partial charge on any atom is -0.347 e. The third-order valence-electron chi connectivity index (χ3n) is 3.51. The van der Waals surface area contributed by atoms with E-state index < -0.39 is 15.9 Å². The Balaban J connectivity index is 1.80. The third-order valence-corrected chi connectivity index (χ3v) is 4.75. The number of fused-ring (bicyclic) bond motifs is 1. The van der Waals surface area contributed by atoms with Gasteiger partial charge in [0, 0.05) is 13.2 Å². The summed E-state index contributed by atoms with van der Waals surface area (Å²) in [5.41, 5.74) is 2.57. The van der Waals surface area contributed by atoms with Gasteiger partial charge in [-0.25, -0.2) is 8.42 Å². The zero-order valence-electron chi connectivity index (χ0n) is 12.4. The van der Waals surface area contributed by atoms with E-state index in [4.69, 9.17) is 0 Å². The SMILES string of the molecule is Cn1cccc1C(=O)NNS(=O)(=O)c1ccc2ccccc2c1. The number of nitrogens with zero attached hydrogens (tertiary/aromatic N) is 1. The Labute approximate surface area is 133 Å². The molecule has 0 aliphatic carbocycles. The van der Waals surface area contributed by atoms with E-state index in [9.17, 15) is 13.2 Å². The molecule has 1 amide bonds. The van der Waals surface area contributed by atoms with Gasteiger partial charge in [-0.3, -0.25) is 10.2 Å². The van der Waals surface area contributed by atoms with Crippen molar-refractivity contribution in [2.24, 2.45) is 7.05 Å². The summed E-state index contributed by atoms with van der Waals surface area (Å²) < 4.78 is 26.2. The molecule has 0 atom stereocenters. The van der Waals surface area contributed by atoms with Gasteiger partial charge in [0.2, 0.25) is 0 Å². The number of aryl methyl sites for hydroxylation is 1. The van der Waals surface area contributed by atoms with Crippen molar-refractivity contribution in [2.75, 3.05) is 0 Å². The predicted octanol–water partition coefficient (Wildman–Crippen LogP) is 1.80. The zero-order valence-corrected chi connectivity index (χ0v) is 13.2. The molecule has 7 heteroatoms. The number of aromatic nitrogens is 1. The van der Waals surface area contributed by atoms with Gasteiger partial charge in [0.05, 0.1) is 4.90 Å². The molecular formula is C16H15N3O3S. The van der Waals surface area contributed by atoms with Crippen LogP contribution in [0.3, 0.4) is 0 Å². The summed E-state index contributed by atoms with van der Waals surface area (Å²) in [4.78, 5) is 14.2. The fraction of sp³-hybridized carbons (Fsp3) is 0.0625. The fourth-order valence-electron chi connectivity index (χ4n) is 2.27. The molecule has 0 radical (unpaired) electrons. The smallest absolute Gasteiger partial charge is 0.282 e. The van der Waals surface area contributed by atoms with Crippen molar-refractivity contribution in [3.8, 4) is 0 Å². The van der Waals surface area contributed by atoms with Gasteiger partial charge in [0.15, 0.2) is 0 Å². The summed E-state index contributed by atoms with van der Waals surface area (Å²) in [7, 11) is -2.14. The Morgan fingerprint density at radius 3 is 2.43 bits per heavy atom. The number of carbonyl (C=O) groups excluding carboxylic acids is 1. The lowest BCUT2D eigenvalue weighted by Gasteiger charge is -2.09. The van der Waals surface area contributed by atoms with Crippen LogP contribution in [0.15, 0.2) is 65.7 Å². The molecule has 0 aliphatic heterocycles. The van der Waals surface area contributed by atoms with E-state index in [0.717, 1.165) is 10.8 Å². The maximum absolute atomic E-state index is 12.3. The van der Waals surface area contributed by atoms with Gasteiger partial charge in [-0.15, -0.1) is 4.83 Å². The molecule has 0 saturated heterocycles. The first kappa shape index (κ1) is 15.3. The van der Waals surface area contributed by atoms with Crippen LogP contribution in [0.1, 0.15) is 10.5 Å². The predicted molar refractivity (Wildman–Crippen MR) is 87.1 cm³/mol. The van der Waals surface area contributed by atoms with Crippen molar-refractivity contribution >= 4 is 26.7 Å². The molecule has 2 aromatic carbocycles. The second kappa shape index (κ2) is 5.86. The van der Waals surface area contributed by atoms with Crippen molar-refractivity contribution in [1.29, 1.82) is 0 Å². The maximum atomic E-state index is 12.3. The molecule has 2 N–H and O–H groups in total. The van der Waals surface area contributed by atoms with Crippen LogP contribution in [0.4, 0.5) is 0 Å². The highest BCUT2D eigenvalue weighted by Gasteiger charge is 2.17. The largest absolute Gasteiger partial charge is 0.347 e. The van der Waals surface area contributed by atoms with Gasteiger partial charge in [0.25, 0.3) is 15.9 Å². The van der Waals surface area contributed by atoms with Crippen LogP contribution >= 0.6 is 0 Å². The number of hydrogen-bond acceptors (Lipinski definition) is 3. The Kier molecular flexibility index (Phi) is 3.89. The van der Waals surface area contributed by atoms with Crippen LogP contribution in [0, 0.1) is 0 Å². The van der Waals surface area contributed by atoms with E-state index in [1.807, 2.05) is 24.3 Å². The lowest BCUT2D eigenvalue weighted by atomic mass is 10.1. The lowest BCUT2D eigenvalue weighted by Crippen LogP contribution is -2.42. The van der Waals surface area contributed by atoms with Crippen LogP contribution in [0.2, 0.25) is 0 Å². The third kappa shape index (κ3) is 3.10. The molecule has 3 rings (SSSR count). The summed E-state index contributed by atoms with van der Waals surface area (Å²) in [5, 5.41) is 1.75. The molecule has 118 valence electrons. The van der Waals surface area contributed by atoms with E-state index in [0.29, 0.717) is 5.69 Å². The van der Waals surface area contributed by atoms with E-state index in [2.05, 4.69) is 10.3 Å². The molecule has 6 nitrogen and oxygen atoms in total. The Morgan fingerprint density at radius 2 is 1.74 bits per heavy atom. The number of amides is 1. The number of nitrogens with one attached hydrogen (secondary N) is 2. The van der Waals surface area contributed by atoms with Crippen molar-refractivity contribution < 1.29 is 13.2 Å². The second-order valence-corrected chi connectivity index (χ2v) is 6.76. The van der Waals surface area contributed by atoms with E-state index in [1.165, 1.54) is 6.07 Å². The van der Waals surface area contributed by atoms with Gasteiger partial charge >= 0.3 is 0 Å². The standard InChI is InChI=1S/C16H15N3O3S/c1-19-10-4-7-15(19)16(20)17-18-23(21,22)14-9-8-12-5-2-3-6-13(12)11-14/h2-11,18H,1H3,(H,17,20). The Hall–Kier alpha value is -2.64. The van der Waals surface area contributed by atoms with Crippen LogP contribution in [-0.4, -0.2) is 18.9 Å². The molecule has 0 unspecified atom stereocenters. The van der Waals surface area contributed by atoms with Crippen LogP contribution in [0.25, 0.3) is 10.8 Å². The Bertz CT molecular complexity index is 977. The highest BCUT2D eigenvalue weighted by atomic mass is 32.2. The molecule has 3 aromatic rings. The topological polar surface area (TPSA) is 80.2 Å². The van der Waals surface area contributed by atoms with Crippen LogP contribution in [-0.2, 0) is 17.1 Å². The number of benzene rings is 2. The maximum Gasteiger partial charge on any atom is 0.282 e. The van der Waals surface area contributed by atoms with Crippen molar-refractivity contribution in [1.82, 2.24) is 14.8 Å². The fourth-order valence-corrected chi connectivity index (χ4v) is 3.14. The first-order chi connectivity index (χ1) is 11.0. The average Bonchev–Trinajstić information content (AvgIpc) is 2.98. The van der Waals surface area contributed by atoms with Crippen LogP contribution in [0.5, 0.6) is 0 Å². The van der Waals surface area contributed by atoms with Gasteiger partial charge in [-0.2, -0.15) is 0 Å². The molecule has 1 aromatic heterocycles. The summed E-state index contributed by atoms with van der Waals surface area (Å²) in [6, 6.07) is 15.5. The first-order valence-electron chi connectivity index (χ1n) is 6.90. The summed E-state index contributed by atoms with van der Waals surface area (Å²) >= 11 is 0. The summed E-state index contributed by atoms with van der Waals surface area (Å²) in [6.07, 6.45) is 1.70. The minimum atomic E-state index is -3.84. The van der Waals surface area contributed by atoms with Gasteiger partial charge in [-0.1, -0.05) is 30.3 Å². The molecule has 0 saturated carbocycles. The van der Waals surface area contributed by atoms with Gasteiger partial charge in [0.1, 0.15) is 5.69 Å². The minimum absolute atomic E-state index is 0.0865. The number of hydrazine groups is 1. The normalized spacial score (nSPS) is 11.5. The Morgan fingerprint density at radius 1 is 1.00 bits per heavy atom. The number of hydrogen-bond donors (Lipinski definition) is 2. The van der Waals surface area contributed by atoms with E-state index >= 15 is 0 Å². The highest BCUT2D eigenvalue weighted by Crippen LogP contribution is 2.18. The number of carbonyl (C=O) groups is 1. The quantitative estimate of drug-likeness (QED) is 0.716. The van der Waals surface area contributed by atoms with E-state index in [-0.39, 0.29) is 4.90 Å². The summed E-state index contributed by atoms with van der Waals surface area (Å²) in [6.45, 7) is 0. The van der Waals surface area contributed by atoms with Gasteiger partial charge < -0.3 is 4.57 Å². The van der Waals surface area contributed by atoms with Crippen molar-refractivity contribution in [3.63, 3.8) is 0 Å². The molecule has 0 aliphatic rings. The molecule has 23 heavy (non-hydrogen) atoms. The summed E-state index contributed by atoms with van der Waals surface area (Å²) in [5.74, 6) is -0.526. The monoisotopic (exact) mass is 329 g/mol. The molecule has 0 spiro atoms. The zero-order chi connectivity index (χ0) is 16.4. The van der Waals surface area contributed by atoms with E-state index in [1.54, 1.807) is 42.1 Å². The molecule has 0 fully saturated rings. The van der Waals surface area contributed by atoms with Crippen LogP contribution < -0.4 is 10.3 Å². The number of rotatable bonds is 4. The average molecular weight is 329 g/mol. The number of sulfonamides is 1. The molecular weight excluding hydrogens is 314 g/mol.